The minimum absolute atomic E-state index is 0.0339. The number of rotatable bonds is 2. The van der Waals surface area contributed by atoms with Crippen LogP contribution in [0.15, 0.2) is 18.2 Å². The monoisotopic (exact) mass is 420 g/mol. The van der Waals surface area contributed by atoms with E-state index in [0.717, 1.165) is 41.4 Å². The molecule has 1 spiro atoms. The van der Waals surface area contributed by atoms with Crippen LogP contribution >= 0.6 is 34.2 Å². The average molecular weight is 421 g/mol. The normalized spacial score (nSPS) is 26.7. The Balaban J connectivity index is 1.77. The molecule has 21 heavy (non-hydrogen) atoms. The molecule has 1 aromatic carbocycles. The number of halogens is 2. The highest BCUT2D eigenvalue weighted by atomic mass is 127. The molecule has 2 fully saturated rings. The Morgan fingerprint density at radius 2 is 2.05 bits per heavy atom. The molecule has 1 heterocycles. The zero-order chi connectivity index (χ0) is 14.9. The van der Waals surface area contributed by atoms with Crippen molar-refractivity contribution < 1.29 is 9.84 Å². The van der Waals surface area contributed by atoms with Crippen molar-refractivity contribution >= 4 is 34.2 Å². The fraction of sp³-hybridized carbons (Fsp3) is 0.647. The lowest BCUT2D eigenvalue weighted by Crippen LogP contribution is -2.42. The lowest BCUT2D eigenvalue weighted by Gasteiger charge is -2.44. The molecule has 0 bridgehead atoms. The highest BCUT2D eigenvalue weighted by Crippen LogP contribution is 2.44. The van der Waals surface area contributed by atoms with E-state index in [0.29, 0.717) is 5.02 Å². The second-order valence-corrected chi connectivity index (χ2v) is 8.05. The summed E-state index contributed by atoms with van der Waals surface area (Å²) >= 11 is 8.39. The Bertz CT molecular complexity index is 494. The number of ether oxygens (including phenoxy) is 1. The van der Waals surface area contributed by atoms with Crippen molar-refractivity contribution in [1.82, 2.24) is 0 Å². The van der Waals surface area contributed by atoms with E-state index >= 15 is 0 Å². The van der Waals surface area contributed by atoms with Crippen LogP contribution in [0.4, 0.5) is 0 Å². The van der Waals surface area contributed by atoms with Crippen LogP contribution in [0.3, 0.4) is 0 Å². The summed E-state index contributed by atoms with van der Waals surface area (Å²) in [6.07, 6.45) is 7.64. The van der Waals surface area contributed by atoms with Gasteiger partial charge in [-0.2, -0.15) is 0 Å². The molecule has 2 aliphatic rings. The van der Waals surface area contributed by atoms with E-state index in [1.54, 1.807) is 0 Å². The van der Waals surface area contributed by atoms with Crippen LogP contribution in [0.1, 0.15) is 56.6 Å². The maximum absolute atomic E-state index is 10.8. The zero-order valence-electron chi connectivity index (χ0n) is 12.2. The second-order valence-electron chi connectivity index (χ2n) is 6.46. The predicted octanol–water partition coefficient (Wildman–Crippen LogP) is 5.11. The molecule has 1 N–H and O–H groups in total. The molecule has 0 amide bonds. The summed E-state index contributed by atoms with van der Waals surface area (Å²) in [4.78, 5) is 0. The Morgan fingerprint density at radius 3 is 2.81 bits per heavy atom. The first-order chi connectivity index (χ1) is 10.1. The Morgan fingerprint density at radius 1 is 1.29 bits per heavy atom. The summed E-state index contributed by atoms with van der Waals surface area (Å²) in [6, 6.07) is 5.78. The molecule has 1 aromatic rings. The molecule has 1 saturated carbocycles. The largest absolute Gasteiger partial charge is 0.388 e. The zero-order valence-corrected chi connectivity index (χ0v) is 15.1. The molecule has 2 unspecified atom stereocenters. The summed E-state index contributed by atoms with van der Waals surface area (Å²) in [5.74, 6) is 0.281. The summed E-state index contributed by atoms with van der Waals surface area (Å²) in [5.41, 5.74) is 1.01. The third-order valence-electron chi connectivity index (χ3n) is 5.02. The number of benzene rings is 1. The molecule has 2 atom stereocenters. The number of aliphatic hydroxyl groups excluding tert-OH is 1. The molecule has 2 nitrogen and oxygen atoms in total. The first-order valence-corrected chi connectivity index (χ1v) is 9.32. The highest BCUT2D eigenvalue weighted by Gasteiger charge is 2.41. The van der Waals surface area contributed by atoms with Gasteiger partial charge in [-0.3, -0.25) is 0 Å². The number of hydrogen-bond acceptors (Lipinski definition) is 2. The van der Waals surface area contributed by atoms with Crippen LogP contribution in [-0.2, 0) is 4.74 Å². The van der Waals surface area contributed by atoms with E-state index in [-0.39, 0.29) is 11.5 Å². The predicted molar refractivity (Wildman–Crippen MR) is 93.6 cm³/mol. The summed E-state index contributed by atoms with van der Waals surface area (Å²) in [7, 11) is 0. The third-order valence-corrected chi connectivity index (χ3v) is 6.24. The van der Waals surface area contributed by atoms with Gasteiger partial charge in [0.05, 0.1) is 11.7 Å². The molecule has 3 rings (SSSR count). The van der Waals surface area contributed by atoms with Crippen LogP contribution in [0, 0.1) is 9.49 Å². The van der Waals surface area contributed by atoms with E-state index in [1.807, 2.05) is 18.2 Å². The Kier molecular flexibility index (Phi) is 5.14. The molecule has 0 aromatic heterocycles. The van der Waals surface area contributed by atoms with Crippen molar-refractivity contribution in [3.63, 3.8) is 0 Å². The van der Waals surface area contributed by atoms with Gasteiger partial charge in [-0.25, -0.2) is 0 Å². The minimum atomic E-state index is -0.432. The van der Waals surface area contributed by atoms with E-state index in [1.165, 1.54) is 19.3 Å². The van der Waals surface area contributed by atoms with Crippen molar-refractivity contribution in [2.45, 2.75) is 56.7 Å². The van der Waals surface area contributed by atoms with Crippen LogP contribution in [0.25, 0.3) is 0 Å². The van der Waals surface area contributed by atoms with E-state index in [2.05, 4.69) is 22.6 Å². The molecular weight excluding hydrogens is 399 g/mol. The molecule has 1 aliphatic carbocycles. The van der Waals surface area contributed by atoms with Crippen molar-refractivity contribution in [3.05, 3.63) is 32.4 Å². The van der Waals surface area contributed by atoms with Gasteiger partial charge in [0.25, 0.3) is 0 Å². The van der Waals surface area contributed by atoms with Crippen LogP contribution in [0.2, 0.25) is 5.02 Å². The molecular formula is C17H22ClIO2. The van der Waals surface area contributed by atoms with Gasteiger partial charge in [0.2, 0.25) is 0 Å². The Hall–Kier alpha value is 0.160. The van der Waals surface area contributed by atoms with Gasteiger partial charge < -0.3 is 9.84 Å². The second kappa shape index (κ2) is 6.73. The standard InChI is InChI=1S/C17H22ClIO2/c18-13-4-5-15(19)14(10-13)16(20)12-6-9-21-17(11-12)7-2-1-3-8-17/h4-5,10,12,16,20H,1-3,6-9,11H2. The number of aliphatic hydroxyl groups is 1. The molecule has 0 radical (unpaired) electrons. The average Bonchev–Trinajstić information content (AvgIpc) is 2.50. The first-order valence-electron chi connectivity index (χ1n) is 7.87. The van der Waals surface area contributed by atoms with E-state index < -0.39 is 6.10 Å². The molecule has 116 valence electrons. The fourth-order valence-corrected chi connectivity index (χ4v) is 4.71. The topological polar surface area (TPSA) is 29.5 Å². The summed E-state index contributed by atoms with van der Waals surface area (Å²) in [5, 5.41) is 11.5. The minimum Gasteiger partial charge on any atom is -0.388 e. The maximum Gasteiger partial charge on any atom is 0.0830 e. The highest BCUT2D eigenvalue weighted by molar-refractivity contribution is 14.1. The van der Waals surface area contributed by atoms with Crippen molar-refractivity contribution in [3.8, 4) is 0 Å². The lowest BCUT2D eigenvalue weighted by atomic mass is 9.74. The molecule has 4 heteroatoms. The quantitative estimate of drug-likeness (QED) is 0.674. The van der Waals surface area contributed by atoms with Crippen molar-refractivity contribution in [1.29, 1.82) is 0 Å². The first kappa shape index (κ1) is 16.0. The fourth-order valence-electron chi connectivity index (χ4n) is 3.87. The smallest absolute Gasteiger partial charge is 0.0830 e. The van der Waals surface area contributed by atoms with Gasteiger partial charge in [-0.05, 0) is 78.0 Å². The number of hydrogen-bond donors (Lipinski definition) is 1. The lowest BCUT2D eigenvalue weighted by molar-refractivity contribution is -0.134. The third kappa shape index (κ3) is 3.57. The van der Waals surface area contributed by atoms with Crippen LogP contribution in [0.5, 0.6) is 0 Å². The van der Waals surface area contributed by atoms with Gasteiger partial charge in [-0.1, -0.05) is 30.9 Å². The summed E-state index contributed by atoms with van der Waals surface area (Å²) in [6.45, 7) is 0.777. The SMILES string of the molecule is OC(c1cc(Cl)ccc1I)C1CCOC2(CCCCC2)C1. The maximum atomic E-state index is 10.8. The van der Waals surface area contributed by atoms with E-state index in [4.69, 9.17) is 16.3 Å². The van der Waals surface area contributed by atoms with Gasteiger partial charge in [0, 0.05) is 15.2 Å². The van der Waals surface area contributed by atoms with Gasteiger partial charge in [0.15, 0.2) is 0 Å². The van der Waals surface area contributed by atoms with Gasteiger partial charge >= 0.3 is 0 Å². The molecule has 1 aliphatic heterocycles. The molecule has 1 saturated heterocycles. The van der Waals surface area contributed by atoms with Gasteiger partial charge in [-0.15, -0.1) is 0 Å². The van der Waals surface area contributed by atoms with E-state index in [9.17, 15) is 5.11 Å². The van der Waals surface area contributed by atoms with Crippen molar-refractivity contribution in [2.75, 3.05) is 6.61 Å². The van der Waals surface area contributed by atoms with Crippen molar-refractivity contribution in [2.24, 2.45) is 5.92 Å². The van der Waals surface area contributed by atoms with Crippen LogP contribution < -0.4 is 0 Å². The van der Waals surface area contributed by atoms with Crippen LogP contribution in [-0.4, -0.2) is 17.3 Å². The Labute approximate surface area is 145 Å². The summed E-state index contributed by atoms with van der Waals surface area (Å²) < 4.78 is 7.23. The van der Waals surface area contributed by atoms with Gasteiger partial charge in [0.1, 0.15) is 0 Å².